The van der Waals surface area contributed by atoms with Gasteiger partial charge in [-0.25, -0.2) is 9.97 Å². The van der Waals surface area contributed by atoms with Crippen molar-refractivity contribution >= 4 is 11.0 Å². The Morgan fingerprint density at radius 1 is 1.00 bits per heavy atom. The van der Waals surface area contributed by atoms with E-state index in [1.54, 1.807) is 0 Å². The highest BCUT2D eigenvalue weighted by Gasteiger charge is 2.10. The molecule has 1 saturated heterocycles. The van der Waals surface area contributed by atoms with Crippen LogP contribution in [0, 0.1) is 0 Å². The van der Waals surface area contributed by atoms with E-state index in [1.807, 2.05) is 18.5 Å². The summed E-state index contributed by atoms with van der Waals surface area (Å²) >= 11 is 0. The largest absolute Gasteiger partial charge is 0.346 e. The molecule has 1 N–H and O–H groups in total. The van der Waals surface area contributed by atoms with Crippen LogP contribution in [0.15, 0.2) is 42.7 Å². The molecule has 3 heterocycles. The number of hydrogen-bond acceptors (Lipinski definition) is 3. The lowest BCUT2D eigenvalue weighted by atomic mass is 10.1. The van der Waals surface area contributed by atoms with Crippen molar-refractivity contribution in [3.63, 3.8) is 0 Å². The van der Waals surface area contributed by atoms with Gasteiger partial charge in [0.05, 0.1) is 0 Å². The molecule has 2 aromatic heterocycles. The van der Waals surface area contributed by atoms with Crippen molar-refractivity contribution in [2.24, 2.45) is 0 Å². The summed E-state index contributed by atoms with van der Waals surface area (Å²) in [4.78, 5) is 14.7. The molecule has 0 saturated carbocycles. The third-order valence-corrected chi connectivity index (χ3v) is 4.37. The van der Waals surface area contributed by atoms with Crippen molar-refractivity contribution < 1.29 is 0 Å². The maximum absolute atomic E-state index is 4.57. The summed E-state index contributed by atoms with van der Waals surface area (Å²) in [5.41, 5.74) is 3.33. The molecule has 1 aromatic carbocycles. The first-order chi connectivity index (χ1) is 10.9. The predicted molar refractivity (Wildman–Crippen MR) is 88.5 cm³/mol. The second-order valence-corrected chi connectivity index (χ2v) is 6.01. The van der Waals surface area contributed by atoms with Gasteiger partial charge >= 0.3 is 0 Å². The fourth-order valence-corrected chi connectivity index (χ4v) is 3.11. The number of aromatic amines is 1. The minimum absolute atomic E-state index is 0.777. The first-order valence-electron chi connectivity index (χ1n) is 8.00. The fraction of sp³-hybridized carbons (Fsp3) is 0.333. The van der Waals surface area contributed by atoms with Crippen LogP contribution in [0.2, 0.25) is 0 Å². The number of rotatable bonds is 3. The minimum atomic E-state index is 0.777. The number of piperidine rings is 1. The summed E-state index contributed by atoms with van der Waals surface area (Å²) < 4.78 is 0. The van der Waals surface area contributed by atoms with Gasteiger partial charge in [0, 0.05) is 29.9 Å². The third kappa shape index (κ3) is 2.74. The Hall–Kier alpha value is -2.20. The summed E-state index contributed by atoms with van der Waals surface area (Å²) in [5, 5.41) is 1.05. The first-order valence-corrected chi connectivity index (χ1v) is 8.00. The summed E-state index contributed by atoms with van der Waals surface area (Å²) in [7, 11) is 0. The molecule has 1 fully saturated rings. The standard InChI is InChI=1S/C18H20N4/c1-2-10-22(11-3-1)13-14-4-6-15(7-5-14)17-20-12-16-8-9-19-18(16)21-17/h4-9,12H,1-3,10-11,13H2,(H,19,20,21). The molecule has 0 unspecified atom stereocenters. The molecule has 1 aliphatic rings. The average Bonchev–Trinajstić information content (AvgIpc) is 3.04. The average molecular weight is 292 g/mol. The quantitative estimate of drug-likeness (QED) is 0.802. The molecule has 0 aliphatic carbocycles. The highest BCUT2D eigenvalue weighted by Crippen LogP contribution is 2.19. The fourth-order valence-electron chi connectivity index (χ4n) is 3.11. The second kappa shape index (κ2) is 5.89. The summed E-state index contributed by atoms with van der Waals surface area (Å²) in [6.07, 6.45) is 7.82. The Morgan fingerprint density at radius 3 is 2.64 bits per heavy atom. The van der Waals surface area contributed by atoms with Gasteiger partial charge in [0.2, 0.25) is 0 Å². The molecular formula is C18H20N4. The van der Waals surface area contributed by atoms with Crippen molar-refractivity contribution in [3.8, 4) is 11.4 Å². The molecule has 4 heteroatoms. The zero-order chi connectivity index (χ0) is 14.8. The summed E-state index contributed by atoms with van der Waals surface area (Å²) in [6.45, 7) is 3.51. The lowest BCUT2D eigenvalue weighted by molar-refractivity contribution is 0.221. The van der Waals surface area contributed by atoms with E-state index in [1.165, 1.54) is 37.9 Å². The lowest BCUT2D eigenvalue weighted by Crippen LogP contribution is -2.28. The van der Waals surface area contributed by atoms with Crippen LogP contribution in [-0.4, -0.2) is 32.9 Å². The van der Waals surface area contributed by atoms with E-state index >= 15 is 0 Å². The van der Waals surface area contributed by atoms with Gasteiger partial charge in [0.1, 0.15) is 5.65 Å². The number of H-pyrrole nitrogens is 1. The smallest absolute Gasteiger partial charge is 0.161 e. The Bertz CT molecular complexity index is 754. The summed E-state index contributed by atoms with van der Waals surface area (Å²) in [5.74, 6) is 0.777. The molecule has 3 aromatic rings. The van der Waals surface area contributed by atoms with E-state index < -0.39 is 0 Å². The SMILES string of the molecule is c1cc2cnc(-c3ccc(CN4CCCCC4)cc3)nc2[nH]1. The number of hydrogen-bond donors (Lipinski definition) is 1. The van der Waals surface area contributed by atoms with Gasteiger partial charge in [-0.05, 0) is 37.6 Å². The van der Waals surface area contributed by atoms with E-state index in [0.29, 0.717) is 0 Å². The number of nitrogens with zero attached hydrogens (tertiary/aromatic N) is 3. The van der Waals surface area contributed by atoms with Crippen LogP contribution in [0.5, 0.6) is 0 Å². The van der Waals surface area contributed by atoms with Crippen LogP contribution in [0.1, 0.15) is 24.8 Å². The highest BCUT2D eigenvalue weighted by atomic mass is 15.1. The summed E-state index contributed by atoms with van der Waals surface area (Å²) in [6, 6.07) is 10.6. The molecule has 4 nitrogen and oxygen atoms in total. The van der Waals surface area contributed by atoms with E-state index in [9.17, 15) is 0 Å². The van der Waals surface area contributed by atoms with E-state index in [2.05, 4.69) is 44.1 Å². The van der Waals surface area contributed by atoms with Gasteiger partial charge in [-0.3, -0.25) is 4.90 Å². The van der Waals surface area contributed by atoms with Gasteiger partial charge in [-0.1, -0.05) is 30.7 Å². The number of likely N-dealkylation sites (tertiary alicyclic amines) is 1. The Balaban J connectivity index is 1.53. The Morgan fingerprint density at radius 2 is 1.82 bits per heavy atom. The molecule has 22 heavy (non-hydrogen) atoms. The number of benzene rings is 1. The minimum Gasteiger partial charge on any atom is -0.346 e. The number of fused-ring (bicyclic) bond motifs is 1. The predicted octanol–water partition coefficient (Wildman–Crippen LogP) is 3.61. The third-order valence-electron chi connectivity index (χ3n) is 4.37. The maximum atomic E-state index is 4.57. The van der Waals surface area contributed by atoms with Gasteiger partial charge in [0.25, 0.3) is 0 Å². The monoisotopic (exact) mass is 292 g/mol. The van der Waals surface area contributed by atoms with Crippen LogP contribution in [0.3, 0.4) is 0 Å². The molecule has 0 spiro atoms. The van der Waals surface area contributed by atoms with Crippen molar-refractivity contribution in [2.45, 2.75) is 25.8 Å². The maximum Gasteiger partial charge on any atom is 0.161 e. The van der Waals surface area contributed by atoms with Crippen molar-refractivity contribution in [1.29, 1.82) is 0 Å². The van der Waals surface area contributed by atoms with Gasteiger partial charge in [-0.2, -0.15) is 0 Å². The first kappa shape index (κ1) is 13.5. The van der Waals surface area contributed by atoms with Crippen LogP contribution in [0.4, 0.5) is 0 Å². The Kier molecular flexibility index (Phi) is 3.60. The van der Waals surface area contributed by atoms with Crippen LogP contribution in [-0.2, 0) is 6.54 Å². The molecule has 0 bridgehead atoms. The molecule has 1 aliphatic heterocycles. The van der Waals surface area contributed by atoms with E-state index in [-0.39, 0.29) is 0 Å². The van der Waals surface area contributed by atoms with E-state index in [4.69, 9.17) is 0 Å². The zero-order valence-electron chi connectivity index (χ0n) is 12.6. The lowest BCUT2D eigenvalue weighted by Gasteiger charge is -2.26. The van der Waals surface area contributed by atoms with Gasteiger partial charge in [0.15, 0.2) is 5.82 Å². The molecule has 112 valence electrons. The van der Waals surface area contributed by atoms with Crippen LogP contribution < -0.4 is 0 Å². The van der Waals surface area contributed by atoms with Crippen molar-refractivity contribution in [2.75, 3.05) is 13.1 Å². The second-order valence-electron chi connectivity index (χ2n) is 6.01. The topological polar surface area (TPSA) is 44.8 Å². The van der Waals surface area contributed by atoms with Crippen molar-refractivity contribution in [3.05, 3.63) is 48.3 Å². The van der Waals surface area contributed by atoms with Gasteiger partial charge in [-0.15, -0.1) is 0 Å². The number of nitrogens with one attached hydrogen (secondary N) is 1. The van der Waals surface area contributed by atoms with Crippen LogP contribution >= 0.6 is 0 Å². The van der Waals surface area contributed by atoms with E-state index in [0.717, 1.165) is 29.0 Å². The molecule has 0 atom stereocenters. The molecule has 4 rings (SSSR count). The van der Waals surface area contributed by atoms with Gasteiger partial charge < -0.3 is 4.98 Å². The normalized spacial score (nSPS) is 16.2. The highest BCUT2D eigenvalue weighted by molar-refractivity contribution is 5.76. The molecule has 0 radical (unpaired) electrons. The van der Waals surface area contributed by atoms with Crippen LogP contribution in [0.25, 0.3) is 22.4 Å². The zero-order valence-corrected chi connectivity index (χ0v) is 12.6. The molecular weight excluding hydrogens is 272 g/mol. The molecule has 0 amide bonds. The van der Waals surface area contributed by atoms with Crippen molar-refractivity contribution in [1.82, 2.24) is 19.9 Å². The Labute approximate surface area is 130 Å². The number of aromatic nitrogens is 3.